The molecule has 0 aromatic heterocycles. The minimum Gasteiger partial charge on any atom is -0.354 e. The molecule has 1 aromatic rings. The molecule has 1 aliphatic rings. The van der Waals surface area contributed by atoms with Gasteiger partial charge in [0.05, 0.1) is 11.5 Å². The highest BCUT2D eigenvalue weighted by atomic mass is 16.2. The molecule has 4 nitrogen and oxygen atoms in total. The van der Waals surface area contributed by atoms with Crippen molar-refractivity contribution >= 4 is 5.91 Å². The first-order valence-corrected chi connectivity index (χ1v) is 7.70. The summed E-state index contributed by atoms with van der Waals surface area (Å²) in [6.45, 7) is 2.60. The van der Waals surface area contributed by atoms with E-state index in [4.69, 9.17) is 5.73 Å². The Morgan fingerprint density at radius 3 is 2.62 bits per heavy atom. The van der Waals surface area contributed by atoms with Crippen LogP contribution in [-0.2, 0) is 4.79 Å². The van der Waals surface area contributed by atoms with E-state index >= 15 is 0 Å². The number of nitrogens with zero attached hydrogens (tertiary/aromatic N) is 1. The van der Waals surface area contributed by atoms with Gasteiger partial charge in [0.25, 0.3) is 0 Å². The highest BCUT2D eigenvalue weighted by Crippen LogP contribution is 2.36. The van der Waals surface area contributed by atoms with Crippen molar-refractivity contribution in [2.75, 3.05) is 20.6 Å². The number of rotatable bonds is 5. The van der Waals surface area contributed by atoms with Crippen molar-refractivity contribution in [1.82, 2.24) is 10.2 Å². The third-order valence-corrected chi connectivity index (χ3v) is 4.81. The third kappa shape index (κ3) is 3.44. The van der Waals surface area contributed by atoms with Crippen LogP contribution in [0.1, 0.15) is 37.8 Å². The standard InChI is InChI=1S/C17H27N3O/c1-17(11-7-10-15(17)18)16(21)19-12-14(20(2)3)13-8-5-4-6-9-13/h4-6,8-9,14-15H,7,10-12,18H2,1-3H3,(H,19,21). The van der Waals surface area contributed by atoms with Crippen molar-refractivity contribution < 1.29 is 4.79 Å². The van der Waals surface area contributed by atoms with Crippen LogP contribution in [0.3, 0.4) is 0 Å². The van der Waals surface area contributed by atoms with E-state index in [0.29, 0.717) is 6.54 Å². The molecule has 1 aromatic carbocycles. The van der Waals surface area contributed by atoms with Gasteiger partial charge in [-0.05, 0) is 39.4 Å². The van der Waals surface area contributed by atoms with Crippen LogP contribution in [0.2, 0.25) is 0 Å². The topological polar surface area (TPSA) is 58.4 Å². The van der Waals surface area contributed by atoms with Crippen molar-refractivity contribution in [2.45, 2.75) is 38.3 Å². The van der Waals surface area contributed by atoms with E-state index in [1.807, 2.05) is 39.2 Å². The number of carbonyl (C=O) groups excluding carboxylic acids is 1. The lowest BCUT2D eigenvalue weighted by atomic mass is 9.84. The number of hydrogen-bond donors (Lipinski definition) is 2. The van der Waals surface area contributed by atoms with Gasteiger partial charge in [-0.3, -0.25) is 4.79 Å². The van der Waals surface area contributed by atoms with Gasteiger partial charge in [0.1, 0.15) is 0 Å². The Morgan fingerprint density at radius 2 is 2.10 bits per heavy atom. The molecule has 0 heterocycles. The average molecular weight is 289 g/mol. The number of nitrogens with one attached hydrogen (secondary N) is 1. The zero-order chi connectivity index (χ0) is 15.5. The molecule has 3 N–H and O–H groups in total. The molecular weight excluding hydrogens is 262 g/mol. The monoisotopic (exact) mass is 289 g/mol. The molecule has 0 aliphatic heterocycles. The van der Waals surface area contributed by atoms with Crippen LogP contribution in [-0.4, -0.2) is 37.5 Å². The molecule has 0 bridgehead atoms. The number of likely N-dealkylation sites (N-methyl/N-ethyl adjacent to an activating group) is 1. The van der Waals surface area contributed by atoms with Crippen molar-refractivity contribution in [2.24, 2.45) is 11.1 Å². The summed E-state index contributed by atoms with van der Waals surface area (Å²) >= 11 is 0. The van der Waals surface area contributed by atoms with Crippen molar-refractivity contribution in [1.29, 1.82) is 0 Å². The molecule has 1 aliphatic carbocycles. The summed E-state index contributed by atoms with van der Waals surface area (Å²) in [6, 6.07) is 10.4. The van der Waals surface area contributed by atoms with Crippen LogP contribution in [0.5, 0.6) is 0 Å². The second-order valence-electron chi connectivity index (χ2n) is 6.52. The number of carbonyl (C=O) groups is 1. The number of hydrogen-bond acceptors (Lipinski definition) is 3. The average Bonchev–Trinajstić information content (AvgIpc) is 2.81. The maximum absolute atomic E-state index is 12.5. The summed E-state index contributed by atoms with van der Waals surface area (Å²) in [6.07, 6.45) is 2.87. The van der Waals surface area contributed by atoms with Gasteiger partial charge in [-0.15, -0.1) is 0 Å². The lowest BCUT2D eigenvalue weighted by molar-refractivity contribution is -0.130. The SMILES string of the molecule is CN(C)C(CNC(=O)C1(C)CCCC1N)c1ccccc1. The van der Waals surface area contributed by atoms with Crippen molar-refractivity contribution in [3.63, 3.8) is 0 Å². The summed E-state index contributed by atoms with van der Waals surface area (Å²) in [5.41, 5.74) is 6.92. The lowest BCUT2D eigenvalue weighted by Gasteiger charge is -2.30. The molecule has 0 saturated heterocycles. The van der Waals surface area contributed by atoms with Crippen molar-refractivity contribution in [3.8, 4) is 0 Å². The highest BCUT2D eigenvalue weighted by Gasteiger charge is 2.42. The fourth-order valence-corrected chi connectivity index (χ4v) is 3.14. The highest BCUT2D eigenvalue weighted by molar-refractivity contribution is 5.83. The van der Waals surface area contributed by atoms with E-state index in [1.165, 1.54) is 5.56 Å². The second kappa shape index (κ2) is 6.58. The van der Waals surface area contributed by atoms with Gasteiger partial charge < -0.3 is 16.0 Å². The minimum absolute atomic E-state index is 0.0213. The van der Waals surface area contributed by atoms with Gasteiger partial charge in [-0.1, -0.05) is 36.8 Å². The first kappa shape index (κ1) is 16.0. The van der Waals surface area contributed by atoms with E-state index in [0.717, 1.165) is 19.3 Å². The lowest BCUT2D eigenvalue weighted by Crippen LogP contribution is -2.49. The third-order valence-electron chi connectivity index (χ3n) is 4.81. The Balaban J connectivity index is 2.01. The molecule has 3 unspecified atom stereocenters. The Hall–Kier alpha value is -1.39. The van der Waals surface area contributed by atoms with Crippen LogP contribution < -0.4 is 11.1 Å². The van der Waals surface area contributed by atoms with Crippen LogP contribution >= 0.6 is 0 Å². The smallest absolute Gasteiger partial charge is 0.227 e. The summed E-state index contributed by atoms with van der Waals surface area (Å²) in [5.74, 6) is 0.0929. The first-order valence-electron chi connectivity index (χ1n) is 7.70. The molecule has 3 atom stereocenters. The van der Waals surface area contributed by atoms with Crippen LogP contribution in [0.4, 0.5) is 0 Å². The van der Waals surface area contributed by atoms with E-state index in [1.54, 1.807) is 0 Å². The van der Waals surface area contributed by atoms with E-state index in [2.05, 4.69) is 22.3 Å². The van der Waals surface area contributed by atoms with Gasteiger partial charge in [-0.2, -0.15) is 0 Å². The predicted molar refractivity (Wildman–Crippen MR) is 85.8 cm³/mol. The molecule has 2 rings (SSSR count). The van der Waals surface area contributed by atoms with Gasteiger partial charge in [-0.25, -0.2) is 0 Å². The van der Waals surface area contributed by atoms with Gasteiger partial charge >= 0.3 is 0 Å². The molecule has 116 valence electrons. The second-order valence-corrected chi connectivity index (χ2v) is 6.52. The quantitative estimate of drug-likeness (QED) is 0.870. The summed E-state index contributed by atoms with van der Waals surface area (Å²) in [4.78, 5) is 14.7. The fourth-order valence-electron chi connectivity index (χ4n) is 3.14. The Bertz CT molecular complexity index is 474. The van der Waals surface area contributed by atoms with Crippen LogP contribution in [0.15, 0.2) is 30.3 Å². The molecule has 0 radical (unpaired) electrons. The van der Waals surface area contributed by atoms with Crippen molar-refractivity contribution in [3.05, 3.63) is 35.9 Å². The van der Waals surface area contributed by atoms with E-state index in [-0.39, 0.29) is 18.0 Å². The summed E-state index contributed by atoms with van der Waals surface area (Å²) < 4.78 is 0. The fraction of sp³-hybridized carbons (Fsp3) is 0.588. The normalized spacial score (nSPS) is 26.8. The van der Waals surface area contributed by atoms with Gasteiger partial charge in [0.2, 0.25) is 5.91 Å². The number of benzene rings is 1. The van der Waals surface area contributed by atoms with E-state index in [9.17, 15) is 4.79 Å². The minimum atomic E-state index is -0.409. The van der Waals surface area contributed by atoms with Crippen LogP contribution in [0, 0.1) is 5.41 Å². The molecule has 21 heavy (non-hydrogen) atoms. The molecular formula is C17H27N3O. The molecule has 1 saturated carbocycles. The largest absolute Gasteiger partial charge is 0.354 e. The molecule has 1 amide bonds. The van der Waals surface area contributed by atoms with Gasteiger partial charge in [0, 0.05) is 12.6 Å². The Kier molecular flexibility index (Phi) is 5.01. The number of amides is 1. The maximum Gasteiger partial charge on any atom is 0.227 e. The van der Waals surface area contributed by atoms with E-state index < -0.39 is 5.41 Å². The zero-order valence-electron chi connectivity index (χ0n) is 13.3. The summed E-state index contributed by atoms with van der Waals surface area (Å²) in [5, 5.41) is 3.11. The Morgan fingerprint density at radius 1 is 1.43 bits per heavy atom. The van der Waals surface area contributed by atoms with Gasteiger partial charge in [0.15, 0.2) is 0 Å². The molecule has 0 spiro atoms. The first-order chi connectivity index (χ1) is 9.95. The number of nitrogens with two attached hydrogens (primary N) is 1. The Labute approximate surface area is 127 Å². The summed E-state index contributed by atoms with van der Waals surface area (Å²) in [7, 11) is 4.07. The zero-order valence-corrected chi connectivity index (χ0v) is 13.3. The van der Waals surface area contributed by atoms with Crippen LogP contribution in [0.25, 0.3) is 0 Å². The maximum atomic E-state index is 12.5. The molecule has 4 heteroatoms. The predicted octanol–water partition coefficient (Wildman–Crippen LogP) is 1.92. The molecule has 1 fully saturated rings.